The lowest BCUT2D eigenvalue weighted by Gasteiger charge is -2.49. The summed E-state index contributed by atoms with van der Waals surface area (Å²) in [6.07, 6.45) is -0.686. The molecule has 0 saturated carbocycles. The lowest BCUT2D eigenvalue weighted by atomic mass is 9.83. The minimum absolute atomic E-state index is 0.208. The van der Waals surface area contributed by atoms with Crippen LogP contribution in [0.2, 0.25) is 0 Å². The fourth-order valence-corrected chi connectivity index (χ4v) is 5.86. The van der Waals surface area contributed by atoms with Gasteiger partial charge in [-0.1, -0.05) is 6.07 Å². The molecule has 0 amide bonds. The predicted molar refractivity (Wildman–Crippen MR) is 119 cm³/mol. The highest BCUT2D eigenvalue weighted by atomic mass is 32.2. The zero-order valence-corrected chi connectivity index (χ0v) is 20.1. The summed E-state index contributed by atoms with van der Waals surface area (Å²) in [7, 11) is -3.49. The highest BCUT2D eigenvalue weighted by Crippen LogP contribution is 2.42. The van der Waals surface area contributed by atoms with E-state index in [1.807, 2.05) is 32.0 Å². The Morgan fingerprint density at radius 1 is 1.20 bits per heavy atom. The van der Waals surface area contributed by atoms with Crippen LogP contribution in [0.1, 0.15) is 23.1 Å². The molecule has 0 radical (unpaired) electrons. The molecule has 2 aromatic rings. The number of carbonyl (C=O) groups is 1. The monoisotopic (exact) mass is 516 g/mol. The predicted octanol–water partition coefficient (Wildman–Crippen LogP) is 3.33. The molecule has 0 aliphatic carbocycles. The lowest BCUT2D eigenvalue weighted by molar-refractivity contribution is -0.192. The van der Waals surface area contributed by atoms with Crippen LogP contribution in [0.4, 0.5) is 13.2 Å². The Bertz CT molecular complexity index is 1120. The smallest absolute Gasteiger partial charge is 0.475 e. The number of sulfonamides is 1. The van der Waals surface area contributed by atoms with Crippen molar-refractivity contribution in [3.8, 4) is 0 Å². The molecule has 4 rings (SSSR count). The van der Waals surface area contributed by atoms with Gasteiger partial charge >= 0.3 is 12.1 Å². The molecule has 2 aliphatic heterocycles. The summed E-state index contributed by atoms with van der Waals surface area (Å²) in [6, 6.07) is 9.31. The highest BCUT2D eigenvalue weighted by molar-refractivity contribution is 7.89. The molecule has 1 spiro atoms. The first-order valence-electron chi connectivity index (χ1n) is 10.8. The number of rotatable bonds is 6. The average Bonchev–Trinajstić information content (AvgIpc) is 3.17. The number of aryl methyl sites for hydroxylation is 2. The van der Waals surface area contributed by atoms with Crippen LogP contribution in [0.25, 0.3) is 0 Å². The van der Waals surface area contributed by atoms with E-state index in [1.165, 1.54) is 4.31 Å². The molecular formula is C23H27F3N2O6S. The SMILES string of the molecule is Cc1cc(C)cc(S(=O)(=O)N2CC3(C2)OCCC3COCc2ccncc2)c1.O=C(O)C(F)(F)F. The standard InChI is InChI=1S/C21H26N2O4S.C2HF3O2/c1-16-9-17(2)11-20(10-16)28(24,25)23-14-21(15-23)19(5-8-27-21)13-26-12-18-3-6-22-7-4-18;3-2(4,5)1(6)7/h3-4,6-7,9-11,19H,5,8,12-15H2,1-2H3;(H,6,7). The zero-order valence-electron chi connectivity index (χ0n) is 19.3. The molecular weight excluding hydrogens is 489 g/mol. The summed E-state index contributed by atoms with van der Waals surface area (Å²) in [5.74, 6) is -2.55. The third kappa shape index (κ3) is 6.57. The Kier molecular flexibility index (Phi) is 8.20. The van der Waals surface area contributed by atoms with Crippen LogP contribution in [0.5, 0.6) is 0 Å². The third-order valence-corrected chi connectivity index (χ3v) is 7.67. The summed E-state index contributed by atoms with van der Waals surface area (Å²) >= 11 is 0. The van der Waals surface area contributed by atoms with Crippen molar-refractivity contribution < 1.29 is 41.0 Å². The van der Waals surface area contributed by atoms with Gasteiger partial charge < -0.3 is 14.6 Å². The first-order valence-corrected chi connectivity index (χ1v) is 12.3. The summed E-state index contributed by atoms with van der Waals surface area (Å²) in [5.41, 5.74) is 2.57. The van der Waals surface area contributed by atoms with E-state index in [9.17, 15) is 21.6 Å². The van der Waals surface area contributed by atoms with Crippen molar-refractivity contribution in [3.63, 3.8) is 0 Å². The highest BCUT2D eigenvalue weighted by Gasteiger charge is 2.56. The van der Waals surface area contributed by atoms with Gasteiger partial charge in [-0.15, -0.1) is 0 Å². The van der Waals surface area contributed by atoms with Gasteiger partial charge in [0, 0.05) is 38.0 Å². The van der Waals surface area contributed by atoms with E-state index in [0.717, 1.165) is 23.1 Å². The van der Waals surface area contributed by atoms with Gasteiger partial charge in [0.25, 0.3) is 0 Å². The number of ether oxygens (including phenoxy) is 2. The Labute approximate surface area is 201 Å². The molecule has 192 valence electrons. The summed E-state index contributed by atoms with van der Waals surface area (Å²) in [5, 5.41) is 7.12. The molecule has 2 fully saturated rings. The van der Waals surface area contributed by atoms with E-state index in [1.54, 1.807) is 24.5 Å². The van der Waals surface area contributed by atoms with Crippen LogP contribution in [-0.2, 0) is 30.9 Å². The molecule has 8 nitrogen and oxygen atoms in total. The number of nitrogens with zero attached hydrogens (tertiary/aromatic N) is 2. The van der Waals surface area contributed by atoms with Crippen molar-refractivity contribution in [1.29, 1.82) is 0 Å². The topological polar surface area (TPSA) is 106 Å². The molecule has 1 atom stereocenters. The van der Waals surface area contributed by atoms with Gasteiger partial charge in [0.15, 0.2) is 0 Å². The lowest BCUT2D eigenvalue weighted by Crippen LogP contribution is -2.66. The van der Waals surface area contributed by atoms with Crippen LogP contribution in [0, 0.1) is 19.8 Å². The molecule has 1 unspecified atom stereocenters. The molecule has 2 aliphatic rings. The van der Waals surface area contributed by atoms with Crippen molar-refractivity contribution >= 4 is 16.0 Å². The fraction of sp³-hybridized carbons (Fsp3) is 0.478. The van der Waals surface area contributed by atoms with Crippen molar-refractivity contribution in [2.24, 2.45) is 5.92 Å². The van der Waals surface area contributed by atoms with Gasteiger partial charge in [0.2, 0.25) is 10.0 Å². The second kappa shape index (κ2) is 10.6. The molecule has 1 aromatic carbocycles. The number of aromatic nitrogens is 1. The number of aliphatic carboxylic acids is 1. The maximum absolute atomic E-state index is 13.0. The molecule has 12 heteroatoms. The number of carboxylic acids is 1. The van der Waals surface area contributed by atoms with E-state index in [4.69, 9.17) is 19.4 Å². The minimum atomic E-state index is -5.08. The second-order valence-corrected chi connectivity index (χ2v) is 10.6. The van der Waals surface area contributed by atoms with E-state index >= 15 is 0 Å². The second-order valence-electron chi connectivity index (χ2n) is 8.67. The Morgan fingerprint density at radius 3 is 2.31 bits per heavy atom. The van der Waals surface area contributed by atoms with Crippen LogP contribution in [-0.4, -0.2) is 66.9 Å². The number of pyridine rings is 1. The average molecular weight is 517 g/mol. The zero-order chi connectivity index (χ0) is 25.9. The number of halogens is 3. The van der Waals surface area contributed by atoms with Crippen molar-refractivity contribution in [3.05, 3.63) is 59.4 Å². The number of hydrogen-bond donors (Lipinski definition) is 1. The Hall–Kier alpha value is -2.54. The molecule has 35 heavy (non-hydrogen) atoms. The first kappa shape index (κ1) is 27.1. The third-order valence-electron chi connectivity index (χ3n) is 5.90. The Morgan fingerprint density at radius 2 is 1.77 bits per heavy atom. The number of carboxylic acid groups (broad SMARTS) is 1. The van der Waals surface area contributed by atoms with Gasteiger partial charge in [-0.3, -0.25) is 4.98 Å². The normalized spacial score (nSPS) is 19.6. The summed E-state index contributed by atoms with van der Waals surface area (Å²) in [6.45, 7) is 6.37. The molecule has 2 saturated heterocycles. The first-order chi connectivity index (χ1) is 16.3. The van der Waals surface area contributed by atoms with Gasteiger partial charge in [0.1, 0.15) is 5.60 Å². The van der Waals surface area contributed by atoms with Crippen LogP contribution in [0.3, 0.4) is 0 Å². The number of alkyl halides is 3. The van der Waals surface area contributed by atoms with Gasteiger partial charge in [0.05, 0.1) is 18.1 Å². The maximum atomic E-state index is 13.0. The van der Waals surface area contributed by atoms with Gasteiger partial charge in [-0.25, -0.2) is 13.2 Å². The van der Waals surface area contributed by atoms with E-state index in [-0.39, 0.29) is 5.92 Å². The van der Waals surface area contributed by atoms with Gasteiger partial charge in [-0.2, -0.15) is 17.5 Å². The number of benzene rings is 1. The minimum Gasteiger partial charge on any atom is -0.475 e. The number of hydrogen-bond acceptors (Lipinski definition) is 6. The van der Waals surface area contributed by atoms with Crippen LogP contribution >= 0.6 is 0 Å². The van der Waals surface area contributed by atoms with E-state index < -0.39 is 27.8 Å². The molecule has 3 heterocycles. The van der Waals surface area contributed by atoms with Crippen LogP contribution < -0.4 is 0 Å². The van der Waals surface area contributed by atoms with Crippen molar-refractivity contribution in [2.75, 3.05) is 26.3 Å². The maximum Gasteiger partial charge on any atom is 0.490 e. The summed E-state index contributed by atoms with van der Waals surface area (Å²) < 4.78 is 71.2. The molecule has 0 bridgehead atoms. The summed E-state index contributed by atoms with van der Waals surface area (Å²) in [4.78, 5) is 13.3. The fourth-order valence-electron chi connectivity index (χ4n) is 4.12. The Balaban J connectivity index is 0.000000429. The van der Waals surface area contributed by atoms with Gasteiger partial charge in [-0.05, 0) is 61.2 Å². The van der Waals surface area contributed by atoms with Crippen molar-refractivity contribution in [1.82, 2.24) is 9.29 Å². The molecule has 1 N–H and O–H groups in total. The molecule has 1 aromatic heterocycles. The van der Waals surface area contributed by atoms with Crippen molar-refractivity contribution in [2.45, 2.75) is 43.5 Å². The largest absolute Gasteiger partial charge is 0.490 e. The van der Waals surface area contributed by atoms with E-state index in [0.29, 0.717) is 37.8 Å². The van der Waals surface area contributed by atoms with E-state index in [2.05, 4.69) is 4.98 Å². The van der Waals surface area contributed by atoms with Crippen LogP contribution in [0.15, 0.2) is 47.6 Å². The quantitative estimate of drug-likeness (QED) is 0.628.